The molecule has 5 rings (SSSR count). The number of nitrogens with two attached hydrogens (primary N) is 4. The van der Waals surface area contributed by atoms with Crippen molar-refractivity contribution in [1.82, 2.24) is 15.0 Å². The summed E-state index contributed by atoms with van der Waals surface area (Å²) in [6, 6.07) is 14.8. The summed E-state index contributed by atoms with van der Waals surface area (Å²) in [5, 5.41) is 9.92. The zero-order valence-corrected chi connectivity index (χ0v) is 22.3. The van der Waals surface area contributed by atoms with E-state index in [-0.39, 0.29) is 42.3 Å². The van der Waals surface area contributed by atoms with Crippen molar-refractivity contribution < 1.29 is 5.11 Å². The second kappa shape index (κ2) is 11.7. The molecule has 2 fully saturated rings. The van der Waals surface area contributed by atoms with E-state index in [1.807, 2.05) is 58.0 Å². The van der Waals surface area contributed by atoms with Gasteiger partial charge in [0.25, 0.3) is 0 Å². The molecule has 0 amide bonds. The average molecular weight is 541 g/mol. The van der Waals surface area contributed by atoms with Crippen molar-refractivity contribution in [1.29, 1.82) is 0 Å². The molecule has 2 saturated heterocycles. The number of hydrogen-bond donors (Lipinski definition) is 5. The van der Waals surface area contributed by atoms with E-state index >= 15 is 0 Å². The molecular weight excluding hydrogens is 504 g/mol. The SMILES string of the molecule is Cc1ccc(N(c2ccc(O)cc2)c2nc(N3C[C@H](N)C[C@H](N)C3)nc(N3C[C@H](N)C[C@H](N)C3)n2)cc1.Cl. The number of phenols is 1. The third-order valence-electron chi connectivity index (χ3n) is 6.80. The minimum atomic E-state index is -0.0745. The zero-order valence-electron chi connectivity index (χ0n) is 21.5. The third kappa shape index (κ3) is 6.25. The molecule has 3 heterocycles. The van der Waals surface area contributed by atoms with E-state index in [0.29, 0.717) is 44.0 Å². The van der Waals surface area contributed by atoms with Crippen molar-refractivity contribution in [2.45, 2.75) is 43.9 Å². The highest BCUT2D eigenvalue weighted by Crippen LogP contribution is 2.35. The molecule has 2 aromatic carbocycles. The maximum atomic E-state index is 9.92. The standard InChI is InChI=1S/C26H36N10O.ClH/c1-16-2-4-21(5-3-16)36(22-6-8-23(37)9-7-22)26-32-24(34-12-17(27)10-18(28)13-34)31-25(33-26)35-14-19(29)11-20(30)15-35;/h2-9,17-20,37H,10-15,27-30H2,1H3;1H/t17-,18+,19-,20+;. The Labute approximate surface area is 229 Å². The third-order valence-corrected chi connectivity index (χ3v) is 6.80. The van der Waals surface area contributed by atoms with Crippen LogP contribution in [0.5, 0.6) is 5.75 Å². The predicted octanol–water partition coefficient (Wildman–Crippen LogP) is 1.51. The fourth-order valence-corrected chi connectivity index (χ4v) is 5.09. The lowest BCUT2D eigenvalue weighted by Crippen LogP contribution is -2.54. The Bertz CT molecular complexity index is 1100. The van der Waals surface area contributed by atoms with Crippen LogP contribution in [0.3, 0.4) is 0 Å². The maximum absolute atomic E-state index is 9.92. The second-order valence-electron chi connectivity index (χ2n) is 10.2. The Hall–Kier alpha value is -3.22. The Morgan fingerprint density at radius 1 is 0.684 bits per heavy atom. The minimum absolute atomic E-state index is 0. The fraction of sp³-hybridized carbons (Fsp3) is 0.423. The smallest absolute Gasteiger partial charge is 0.241 e. The molecule has 9 N–H and O–H groups in total. The highest BCUT2D eigenvalue weighted by Gasteiger charge is 2.30. The van der Waals surface area contributed by atoms with Gasteiger partial charge in [-0.2, -0.15) is 15.0 Å². The van der Waals surface area contributed by atoms with Crippen LogP contribution in [-0.2, 0) is 0 Å². The average Bonchev–Trinajstić information content (AvgIpc) is 2.85. The number of aromatic hydroxyl groups is 1. The maximum Gasteiger partial charge on any atom is 0.241 e. The number of aryl methyl sites for hydroxylation is 1. The topological polar surface area (TPSA) is 173 Å². The van der Waals surface area contributed by atoms with Crippen molar-refractivity contribution in [3.63, 3.8) is 0 Å². The van der Waals surface area contributed by atoms with Crippen LogP contribution in [0.25, 0.3) is 0 Å². The van der Waals surface area contributed by atoms with E-state index in [2.05, 4.69) is 0 Å². The Morgan fingerprint density at radius 2 is 1.08 bits per heavy atom. The molecule has 2 aliphatic rings. The lowest BCUT2D eigenvalue weighted by atomic mass is 10.0. The number of halogens is 1. The van der Waals surface area contributed by atoms with Crippen LogP contribution in [0.15, 0.2) is 48.5 Å². The quantitative estimate of drug-likeness (QED) is 0.317. The lowest BCUT2D eigenvalue weighted by molar-refractivity contribution is 0.441. The molecular formula is C26H37ClN10O. The van der Waals surface area contributed by atoms with Crippen LogP contribution >= 0.6 is 12.4 Å². The molecule has 0 saturated carbocycles. The van der Waals surface area contributed by atoms with Gasteiger partial charge in [0.2, 0.25) is 17.8 Å². The fourth-order valence-electron chi connectivity index (χ4n) is 5.09. The Balaban J connectivity index is 0.00000336. The first-order valence-corrected chi connectivity index (χ1v) is 12.7. The molecule has 1 aromatic heterocycles. The first-order chi connectivity index (χ1) is 17.7. The van der Waals surface area contributed by atoms with Crippen molar-refractivity contribution in [2.75, 3.05) is 40.9 Å². The van der Waals surface area contributed by atoms with Gasteiger partial charge >= 0.3 is 0 Å². The van der Waals surface area contributed by atoms with Crippen molar-refractivity contribution >= 4 is 41.6 Å². The van der Waals surface area contributed by atoms with Gasteiger partial charge in [0, 0.05) is 61.7 Å². The monoisotopic (exact) mass is 540 g/mol. The number of phenolic OH excluding ortho intramolecular Hbond substituents is 1. The molecule has 12 heteroatoms. The van der Waals surface area contributed by atoms with Gasteiger partial charge < -0.3 is 37.8 Å². The van der Waals surface area contributed by atoms with Crippen molar-refractivity contribution in [2.24, 2.45) is 22.9 Å². The molecule has 0 radical (unpaired) electrons. The summed E-state index contributed by atoms with van der Waals surface area (Å²) in [6.07, 6.45) is 1.50. The van der Waals surface area contributed by atoms with Crippen LogP contribution in [0, 0.1) is 6.92 Å². The molecule has 0 unspecified atom stereocenters. The normalized spacial score (nSPS) is 23.6. The molecule has 0 aliphatic carbocycles. The number of hydrogen-bond acceptors (Lipinski definition) is 11. The van der Waals surface area contributed by atoms with Crippen LogP contribution in [0.2, 0.25) is 0 Å². The van der Waals surface area contributed by atoms with Crippen LogP contribution in [-0.4, -0.2) is 70.4 Å². The lowest BCUT2D eigenvalue weighted by Gasteiger charge is -2.37. The van der Waals surface area contributed by atoms with E-state index < -0.39 is 0 Å². The van der Waals surface area contributed by atoms with Crippen molar-refractivity contribution in [3.8, 4) is 5.75 Å². The van der Waals surface area contributed by atoms with Gasteiger partial charge in [0.15, 0.2) is 0 Å². The van der Waals surface area contributed by atoms with E-state index in [1.54, 1.807) is 12.1 Å². The van der Waals surface area contributed by atoms with Gasteiger partial charge in [-0.25, -0.2) is 0 Å². The van der Waals surface area contributed by atoms with Crippen LogP contribution in [0.1, 0.15) is 18.4 Å². The number of anilines is 5. The highest BCUT2D eigenvalue weighted by molar-refractivity contribution is 5.85. The number of piperidine rings is 2. The Morgan fingerprint density at radius 3 is 1.50 bits per heavy atom. The summed E-state index contributed by atoms with van der Waals surface area (Å²) in [5.41, 5.74) is 28.0. The van der Waals surface area contributed by atoms with E-state index in [0.717, 1.165) is 29.8 Å². The summed E-state index contributed by atoms with van der Waals surface area (Å²) in [5.74, 6) is 1.63. The number of rotatable bonds is 5. The van der Waals surface area contributed by atoms with Gasteiger partial charge in [-0.3, -0.25) is 4.90 Å². The molecule has 4 atom stereocenters. The van der Waals surface area contributed by atoms with E-state index in [4.69, 9.17) is 37.9 Å². The summed E-state index contributed by atoms with van der Waals surface area (Å²) < 4.78 is 0. The molecule has 38 heavy (non-hydrogen) atoms. The molecule has 3 aromatic rings. The minimum Gasteiger partial charge on any atom is -0.508 e. The van der Waals surface area contributed by atoms with Gasteiger partial charge in [-0.15, -0.1) is 12.4 Å². The first-order valence-electron chi connectivity index (χ1n) is 12.7. The molecule has 204 valence electrons. The highest BCUT2D eigenvalue weighted by atomic mass is 35.5. The molecule has 0 bridgehead atoms. The van der Waals surface area contributed by atoms with E-state index in [1.165, 1.54) is 0 Å². The predicted molar refractivity (Wildman–Crippen MR) is 154 cm³/mol. The summed E-state index contributed by atoms with van der Waals surface area (Å²) in [7, 11) is 0. The number of nitrogens with zero attached hydrogens (tertiary/aromatic N) is 6. The summed E-state index contributed by atoms with van der Waals surface area (Å²) in [4.78, 5) is 20.7. The molecule has 2 aliphatic heterocycles. The van der Waals surface area contributed by atoms with Gasteiger partial charge in [0.1, 0.15) is 5.75 Å². The largest absolute Gasteiger partial charge is 0.508 e. The zero-order chi connectivity index (χ0) is 26.1. The second-order valence-corrected chi connectivity index (χ2v) is 10.2. The van der Waals surface area contributed by atoms with Gasteiger partial charge in [0.05, 0.1) is 0 Å². The Kier molecular flexibility index (Phi) is 8.54. The van der Waals surface area contributed by atoms with Crippen LogP contribution in [0.4, 0.5) is 29.2 Å². The molecule has 11 nitrogen and oxygen atoms in total. The number of aromatic nitrogens is 3. The van der Waals surface area contributed by atoms with Crippen LogP contribution < -0.4 is 37.6 Å². The number of benzene rings is 2. The van der Waals surface area contributed by atoms with Gasteiger partial charge in [-0.05, 0) is 56.2 Å². The van der Waals surface area contributed by atoms with Crippen molar-refractivity contribution in [3.05, 3.63) is 54.1 Å². The summed E-state index contributed by atoms with van der Waals surface area (Å²) in [6.45, 7) is 4.43. The molecule has 0 spiro atoms. The van der Waals surface area contributed by atoms with E-state index in [9.17, 15) is 5.11 Å². The summed E-state index contributed by atoms with van der Waals surface area (Å²) >= 11 is 0. The first kappa shape index (κ1) is 27.8. The van der Waals surface area contributed by atoms with Gasteiger partial charge in [-0.1, -0.05) is 17.7 Å².